The van der Waals surface area contributed by atoms with Crippen LogP contribution in [0.5, 0.6) is 0 Å². The van der Waals surface area contributed by atoms with Crippen LogP contribution in [0.3, 0.4) is 0 Å². The minimum Gasteiger partial charge on any atom is -0.369 e. The van der Waals surface area contributed by atoms with Crippen molar-refractivity contribution >= 4 is 26.0 Å². The van der Waals surface area contributed by atoms with Crippen molar-refractivity contribution in [3.8, 4) is 0 Å². The molecule has 0 aliphatic carbocycles. The van der Waals surface area contributed by atoms with Crippen LogP contribution in [-0.2, 0) is 24.8 Å². The number of benzene rings is 1. The van der Waals surface area contributed by atoms with E-state index in [-0.39, 0.29) is 16.3 Å². The van der Waals surface area contributed by atoms with Crippen molar-refractivity contribution in [3.05, 3.63) is 24.3 Å². The van der Waals surface area contributed by atoms with E-state index in [1.54, 1.807) is 13.8 Å². The van der Waals surface area contributed by atoms with Gasteiger partial charge in [0, 0.05) is 26.2 Å². The summed E-state index contributed by atoms with van der Waals surface area (Å²) in [5.74, 6) is -1.01. The maximum Gasteiger partial charge on any atom is 0.243 e. The van der Waals surface area contributed by atoms with Crippen molar-refractivity contribution in [2.75, 3.05) is 26.2 Å². The highest BCUT2D eigenvalue weighted by Crippen LogP contribution is 2.25. The Morgan fingerprint density at radius 3 is 2.15 bits per heavy atom. The lowest BCUT2D eigenvalue weighted by molar-refractivity contribution is -0.122. The average molecular weight is 404 g/mol. The third-order valence-electron chi connectivity index (χ3n) is 4.59. The number of rotatable bonds is 7. The Morgan fingerprint density at radius 1 is 1.12 bits per heavy atom. The van der Waals surface area contributed by atoms with Crippen molar-refractivity contribution in [2.45, 2.75) is 36.5 Å². The summed E-state index contributed by atoms with van der Waals surface area (Å²) < 4.78 is 53.1. The summed E-state index contributed by atoms with van der Waals surface area (Å²) in [4.78, 5) is 11.4. The second-order valence-corrected chi connectivity index (χ2v) is 10.0. The van der Waals surface area contributed by atoms with Gasteiger partial charge < -0.3 is 5.73 Å². The molecule has 0 unspecified atom stereocenters. The Bertz CT molecular complexity index is 846. The van der Waals surface area contributed by atoms with Crippen LogP contribution < -0.4 is 5.73 Å². The van der Waals surface area contributed by atoms with E-state index >= 15 is 0 Å². The van der Waals surface area contributed by atoms with Gasteiger partial charge in [-0.2, -0.15) is 8.61 Å². The van der Waals surface area contributed by atoms with Gasteiger partial charge in [0.05, 0.1) is 15.7 Å². The zero-order valence-corrected chi connectivity index (χ0v) is 16.6. The maximum atomic E-state index is 12.8. The van der Waals surface area contributed by atoms with Gasteiger partial charge in [-0.05, 0) is 37.1 Å². The Labute approximate surface area is 155 Å². The van der Waals surface area contributed by atoms with Gasteiger partial charge in [0.25, 0.3) is 0 Å². The van der Waals surface area contributed by atoms with E-state index in [9.17, 15) is 21.6 Å². The Hall–Kier alpha value is -1.49. The number of carbonyl (C=O) groups excluding carboxylic acids is 1. The molecule has 1 heterocycles. The van der Waals surface area contributed by atoms with Crippen molar-refractivity contribution < 1.29 is 21.6 Å². The molecule has 2 rings (SSSR count). The number of piperidine rings is 1. The molecule has 1 saturated heterocycles. The summed E-state index contributed by atoms with van der Waals surface area (Å²) in [6.07, 6.45) is 1.13. The molecule has 8 nitrogen and oxygen atoms in total. The lowest BCUT2D eigenvalue weighted by Crippen LogP contribution is -2.44. The van der Waals surface area contributed by atoms with E-state index in [0.717, 1.165) is 0 Å². The van der Waals surface area contributed by atoms with Crippen molar-refractivity contribution in [3.63, 3.8) is 0 Å². The average Bonchev–Trinajstić information content (AvgIpc) is 2.62. The van der Waals surface area contributed by atoms with Crippen LogP contribution in [0.15, 0.2) is 34.1 Å². The van der Waals surface area contributed by atoms with Gasteiger partial charge in [-0.3, -0.25) is 4.79 Å². The Balaban J connectivity index is 2.28. The van der Waals surface area contributed by atoms with Gasteiger partial charge in [0.15, 0.2) is 0 Å². The highest BCUT2D eigenvalue weighted by atomic mass is 32.2. The number of nitrogens with zero attached hydrogens (tertiary/aromatic N) is 2. The smallest absolute Gasteiger partial charge is 0.243 e. The molecule has 1 fully saturated rings. The van der Waals surface area contributed by atoms with E-state index in [0.29, 0.717) is 32.5 Å². The van der Waals surface area contributed by atoms with Crippen molar-refractivity contribution in [1.82, 2.24) is 8.61 Å². The van der Waals surface area contributed by atoms with E-state index in [1.165, 1.54) is 32.9 Å². The second-order valence-electron chi connectivity index (χ2n) is 6.17. The van der Waals surface area contributed by atoms with Crippen LogP contribution in [0.1, 0.15) is 26.7 Å². The van der Waals surface area contributed by atoms with Gasteiger partial charge in [0.1, 0.15) is 0 Å². The predicted molar refractivity (Wildman–Crippen MR) is 97.2 cm³/mol. The summed E-state index contributed by atoms with van der Waals surface area (Å²) in [5, 5.41) is 0. The quantitative estimate of drug-likeness (QED) is 0.715. The molecule has 26 heavy (non-hydrogen) atoms. The minimum absolute atomic E-state index is 0.00103. The van der Waals surface area contributed by atoms with E-state index in [1.807, 2.05) is 0 Å². The highest BCUT2D eigenvalue weighted by molar-refractivity contribution is 7.89. The first-order chi connectivity index (χ1) is 12.1. The fourth-order valence-corrected chi connectivity index (χ4v) is 6.02. The molecule has 10 heteroatoms. The molecular formula is C16H25N3O5S2. The first-order valence-corrected chi connectivity index (χ1v) is 11.4. The summed E-state index contributed by atoms with van der Waals surface area (Å²) in [7, 11) is -7.45. The zero-order chi connectivity index (χ0) is 19.5. The number of nitrogens with two attached hydrogens (primary N) is 1. The molecule has 1 aliphatic heterocycles. The van der Waals surface area contributed by atoms with Gasteiger partial charge in [-0.25, -0.2) is 16.8 Å². The largest absolute Gasteiger partial charge is 0.369 e. The van der Waals surface area contributed by atoms with Crippen LogP contribution in [0, 0.1) is 5.92 Å². The molecule has 0 radical (unpaired) electrons. The molecule has 0 saturated carbocycles. The molecule has 1 aromatic carbocycles. The number of hydrogen-bond acceptors (Lipinski definition) is 5. The molecular weight excluding hydrogens is 378 g/mol. The molecule has 0 aromatic heterocycles. The second kappa shape index (κ2) is 8.03. The summed E-state index contributed by atoms with van der Waals surface area (Å²) in [5.41, 5.74) is 5.30. The molecule has 1 aromatic rings. The summed E-state index contributed by atoms with van der Waals surface area (Å²) in [6, 6.07) is 5.19. The topological polar surface area (TPSA) is 118 Å². The van der Waals surface area contributed by atoms with Crippen LogP contribution in [0.4, 0.5) is 0 Å². The fourth-order valence-electron chi connectivity index (χ4n) is 3.04. The first kappa shape index (κ1) is 20.8. The standard InChI is InChI=1S/C16H25N3O5S2/c1-3-18(4-2)25(21,22)14-7-9-15(10-8-14)26(23,24)19-11-5-6-13(12-19)16(17)20/h7-10,13H,3-6,11-12H2,1-2H3,(H2,17,20)/t13-/m0/s1. The minimum atomic E-state index is -3.80. The number of carbonyl (C=O) groups is 1. The van der Waals surface area contributed by atoms with Crippen LogP contribution in [-0.4, -0.2) is 57.5 Å². The number of sulfonamides is 2. The normalized spacial score (nSPS) is 19.6. The van der Waals surface area contributed by atoms with E-state index in [4.69, 9.17) is 5.73 Å². The van der Waals surface area contributed by atoms with Crippen LogP contribution in [0.2, 0.25) is 0 Å². The first-order valence-electron chi connectivity index (χ1n) is 8.54. The number of hydrogen-bond donors (Lipinski definition) is 1. The summed E-state index contributed by atoms with van der Waals surface area (Å²) in [6.45, 7) is 4.52. The van der Waals surface area contributed by atoms with Crippen LogP contribution in [0.25, 0.3) is 0 Å². The number of primary amides is 1. The third-order valence-corrected chi connectivity index (χ3v) is 8.53. The lowest BCUT2D eigenvalue weighted by Gasteiger charge is -2.30. The van der Waals surface area contributed by atoms with Gasteiger partial charge in [-0.15, -0.1) is 0 Å². The maximum absolute atomic E-state index is 12.8. The van der Waals surface area contributed by atoms with Crippen LogP contribution >= 0.6 is 0 Å². The zero-order valence-electron chi connectivity index (χ0n) is 15.0. The fraction of sp³-hybridized carbons (Fsp3) is 0.562. The summed E-state index contributed by atoms with van der Waals surface area (Å²) >= 11 is 0. The SMILES string of the molecule is CCN(CC)S(=O)(=O)c1ccc(S(=O)(=O)N2CCC[C@H](C(N)=O)C2)cc1. The molecule has 1 atom stereocenters. The molecule has 1 aliphatic rings. The molecule has 146 valence electrons. The van der Waals surface area contributed by atoms with Gasteiger partial charge >= 0.3 is 0 Å². The highest BCUT2D eigenvalue weighted by Gasteiger charge is 2.32. The number of amides is 1. The van der Waals surface area contributed by atoms with E-state index in [2.05, 4.69) is 0 Å². The monoisotopic (exact) mass is 403 g/mol. The molecule has 0 bridgehead atoms. The van der Waals surface area contributed by atoms with Gasteiger partial charge in [-0.1, -0.05) is 13.8 Å². The van der Waals surface area contributed by atoms with E-state index < -0.39 is 31.9 Å². The Kier molecular flexibility index (Phi) is 6.43. The molecule has 0 spiro atoms. The van der Waals surface area contributed by atoms with Crippen molar-refractivity contribution in [1.29, 1.82) is 0 Å². The Morgan fingerprint density at radius 2 is 1.65 bits per heavy atom. The van der Waals surface area contributed by atoms with Crippen molar-refractivity contribution in [2.24, 2.45) is 11.7 Å². The molecule has 1 amide bonds. The predicted octanol–water partition coefficient (Wildman–Crippen LogP) is 0.603. The lowest BCUT2D eigenvalue weighted by atomic mass is 9.99. The third kappa shape index (κ3) is 4.08. The van der Waals surface area contributed by atoms with Gasteiger partial charge in [0.2, 0.25) is 26.0 Å². The molecule has 2 N–H and O–H groups in total.